The molecular formula is C11H14BrNO. The van der Waals surface area contributed by atoms with Crippen molar-refractivity contribution >= 4 is 15.9 Å². The van der Waals surface area contributed by atoms with Gasteiger partial charge in [-0.05, 0) is 31.5 Å². The van der Waals surface area contributed by atoms with Crippen molar-refractivity contribution in [3.05, 3.63) is 27.7 Å². The summed E-state index contributed by atoms with van der Waals surface area (Å²) in [6, 6.07) is 4.18. The van der Waals surface area contributed by atoms with Gasteiger partial charge in [-0.3, -0.25) is 0 Å². The van der Waals surface area contributed by atoms with E-state index in [9.17, 15) is 0 Å². The molecule has 1 aliphatic heterocycles. The van der Waals surface area contributed by atoms with Crippen molar-refractivity contribution in [1.29, 1.82) is 0 Å². The van der Waals surface area contributed by atoms with Crippen LogP contribution in [-0.4, -0.2) is 6.10 Å². The van der Waals surface area contributed by atoms with Gasteiger partial charge in [0.2, 0.25) is 0 Å². The van der Waals surface area contributed by atoms with Gasteiger partial charge in [0.15, 0.2) is 0 Å². The second kappa shape index (κ2) is 3.55. The maximum absolute atomic E-state index is 5.90. The Morgan fingerprint density at radius 2 is 2.29 bits per heavy atom. The second-order valence-electron chi connectivity index (χ2n) is 3.90. The standard InChI is InChI=1S/C11H14BrNO/c1-6-3-8-4-9(12)5-10(7(2)13)11(8)14-6/h4-7H,3,13H2,1-2H3. The molecule has 0 bridgehead atoms. The van der Waals surface area contributed by atoms with Gasteiger partial charge in [-0.15, -0.1) is 0 Å². The predicted octanol–water partition coefficient (Wildman–Crippen LogP) is 2.79. The zero-order chi connectivity index (χ0) is 10.3. The Bertz CT molecular complexity index is 363. The second-order valence-corrected chi connectivity index (χ2v) is 4.82. The topological polar surface area (TPSA) is 35.2 Å². The molecule has 76 valence electrons. The Morgan fingerprint density at radius 3 is 2.93 bits per heavy atom. The highest BCUT2D eigenvalue weighted by Crippen LogP contribution is 2.37. The molecule has 0 amide bonds. The van der Waals surface area contributed by atoms with Crippen molar-refractivity contribution in [1.82, 2.24) is 0 Å². The monoisotopic (exact) mass is 255 g/mol. The highest BCUT2D eigenvalue weighted by molar-refractivity contribution is 9.10. The minimum atomic E-state index is 0.0200. The molecule has 2 atom stereocenters. The number of benzene rings is 1. The predicted molar refractivity (Wildman–Crippen MR) is 60.5 cm³/mol. The van der Waals surface area contributed by atoms with Crippen LogP contribution in [-0.2, 0) is 6.42 Å². The van der Waals surface area contributed by atoms with Crippen LogP contribution in [0.4, 0.5) is 0 Å². The Balaban J connectivity index is 2.52. The zero-order valence-corrected chi connectivity index (χ0v) is 9.97. The number of rotatable bonds is 1. The number of halogens is 1. The van der Waals surface area contributed by atoms with E-state index in [1.54, 1.807) is 0 Å². The van der Waals surface area contributed by atoms with Crippen LogP contribution in [0.5, 0.6) is 5.75 Å². The molecule has 3 heteroatoms. The first kappa shape index (κ1) is 9.99. The summed E-state index contributed by atoms with van der Waals surface area (Å²) in [5, 5.41) is 0. The number of fused-ring (bicyclic) bond motifs is 1. The number of ether oxygens (including phenoxy) is 1. The molecule has 0 radical (unpaired) electrons. The van der Waals surface area contributed by atoms with Crippen LogP contribution in [0.2, 0.25) is 0 Å². The van der Waals surface area contributed by atoms with Crippen LogP contribution in [0.25, 0.3) is 0 Å². The van der Waals surface area contributed by atoms with Crippen LogP contribution in [0.15, 0.2) is 16.6 Å². The average molecular weight is 256 g/mol. The molecule has 1 aliphatic rings. The highest BCUT2D eigenvalue weighted by Gasteiger charge is 2.23. The van der Waals surface area contributed by atoms with E-state index < -0.39 is 0 Å². The minimum absolute atomic E-state index is 0.0200. The summed E-state index contributed by atoms with van der Waals surface area (Å²) < 4.78 is 6.84. The number of hydrogen-bond acceptors (Lipinski definition) is 2. The number of nitrogens with two attached hydrogens (primary N) is 1. The first-order chi connectivity index (χ1) is 6.58. The maximum Gasteiger partial charge on any atom is 0.127 e. The molecule has 0 fully saturated rings. The molecule has 14 heavy (non-hydrogen) atoms. The minimum Gasteiger partial charge on any atom is -0.490 e. The summed E-state index contributed by atoms with van der Waals surface area (Å²) in [5.41, 5.74) is 8.26. The van der Waals surface area contributed by atoms with Crippen molar-refractivity contribution in [3.63, 3.8) is 0 Å². The van der Waals surface area contributed by atoms with E-state index in [4.69, 9.17) is 10.5 Å². The van der Waals surface area contributed by atoms with Crippen molar-refractivity contribution in [2.75, 3.05) is 0 Å². The molecule has 2 N–H and O–H groups in total. The van der Waals surface area contributed by atoms with Gasteiger partial charge in [0.25, 0.3) is 0 Å². The van der Waals surface area contributed by atoms with Gasteiger partial charge in [-0.25, -0.2) is 0 Å². The first-order valence-electron chi connectivity index (χ1n) is 4.82. The third-order valence-corrected chi connectivity index (χ3v) is 2.93. The van der Waals surface area contributed by atoms with Crippen molar-refractivity contribution in [2.24, 2.45) is 5.73 Å². The third kappa shape index (κ3) is 1.66. The first-order valence-corrected chi connectivity index (χ1v) is 5.62. The van der Waals surface area contributed by atoms with Crippen LogP contribution in [0.3, 0.4) is 0 Å². The summed E-state index contributed by atoms with van der Waals surface area (Å²) in [6.45, 7) is 4.06. The Hall–Kier alpha value is -0.540. The van der Waals surface area contributed by atoms with Crippen LogP contribution in [0.1, 0.15) is 31.0 Å². The third-order valence-electron chi connectivity index (χ3n) is 2.48. The lowest BCUT2D eigenvalue weighted by molar-refractivity contribution is 0.251. The Labute approximate surface area is 92.6 Å². The van der Waals surface area contributed by atoms with E-state index in [-0.39, 0.29) is 12.1 Å². The van der Waals surface area contributed by atoms with E-state index >= 15 is 0 Å². The van der Waals surface area contributed by atoms with Crippen LogP contribution >= 0.6 is 15.9 Å². The largest absolute Gasteiger partial charge is 0.490 e. The van der Waals surface area contributed by atoms with E-state index in [0.717, 1.165) is 22.2 Å². The van der Waals surface area contributed by atoms with E-state index in [2.05, 4.69) is 28.9 Å². The van der Waals surface area contributed by atoms with Crippen molar-refractivity contribution < 1.29 is 4.74 Å². The molecule has 0 spiro atoms. The Kier molecular flexibility index (Phi) is 2.54. The van der Waals surface area contributed by atoms with E-state index in [1.807, 2.05) is 13.0 Å². The Morgan fingerprint density at radius 1 is 1.57 bits per heavy atom. The van der Waals surface area contributed by atoms with Gasteiger partial charge in [0.05, 0.1) is 0 Å². The smallest absolute Gasteiger partial charge is 0.127 e. The molecule has 0 aromatic heterocycles. The molecule has 2 nitrogen and oxygen atoms in total. The van der Waals surface area contributed by atoms with Gasteiger partial charge < -0.3 is 10.5 Å². The quantitative estimate of drug-likeness (QED) is 0.838. The van der Waals surface area contributed by atoms with Gasteiger partial charge in [0.1, 0.15) is 11.9 Å². The molecule has 0 saturated carbocycles. The molecule has 1 aromatic rings. The average Bonchev–Trinajstić information content (AvgIpc) is 2.42. The highest BCUT2D eigenvalue weighted by atomic mass is 79.9. The van der Waals surface area contributed by atoms with E-state index in [1.165, 1.54) is 5.56 Å². The van der Waals surface area contributed by atoms with Crippen molar-refractivity contribution in [2.45, 2.75) is 32.4 Å². The van der Waals surface area contributed by atoms with Crippen LogP contribution < -0.4 is 10.5 Å². The SMILES string of the molecule is CC1Cc2cc(Br)cc(C(C)N)c2O1. The molecular weight excluding hydrogens is 242 g/mol. The molecule has 2 rings (SSSR count). The molecule has 0 saturated heterocycles. The summed E-state index contributed by atoms with van der Waals surface area (Å²) in [5.74, 6) is 0.996. The van der Waals surface area contributed by atoms with Gasteiger partial charge in [-0.1, -0.05) is 15.9 Å². The lowest BCUT2D eigenvalue weighted by Crippen LogP contribution is -2.09. The lowest BCUT2D eigenvalue weighted by Gasteiger charge is -2.12. The maximum atomic E-state index is 5.90. The molecule has 0 aliphatic carbocycles. The molecule has 1 aromatic carbocycles. The lowest BCUT2D eigenvalue weighted by atomic mass is 10.0. The van der Waals surface area contributed by atoms with Gasteiger partial charge in [-0.2, -0.15) is 0 Å². The van der Waals surface area contributed by atoms with E-state index in [0.29, 0.717) is 0 Å². The number of hydrogen-bond donors (Lipinski definition) is 1. The fourth-order valence-corrected chi connectivity index (χ4v) is 2.38. The normalized spacial score (nSPS) is 21.6. The zero-order valence-electron chi connectivity index (χ0n) is 8.38. The summed E-state index contributed by atoms with van der Waals surface area (Å²) in [6.07, 6.45) is 1.26. The summed E-state index contributed by atoms with van der Waals surface area (Å²) in [7, 11) is 0. The van der Waals surface area contributed by atoms with Crippen LogP contribution in [0, 0.1) is 0 Å². The van der Waals surface area contributed by atoms with Gasteiger partial charge >= 0.3 is 0 Å². The molecule has 1 heterocycles. The fraction of sp³-hybridized carbons (Fsp3) is 0.455. The summed E-state index contributed by atoms with van der Waals surface area (Å²) in [4.78, 5) is 0. The summed E-state index contributed by atoms with van der Waals surface area (Å²) >= 11 is 3.49. The van der Waals surface area contributed by atoms with Crippen molar-refractivity contribution in [3.8, 4) is 5.75 Å². The molecule has 2 unspecified atom stereocenters. The fourth-order valence-electron chi connectivity index (χ4n) is 1.86. The van der Waals surface area contributed by atoms with Gasteiger partial charge in [0, 0.05) is 22.5 Å².